The predicted molar refractivity (Wildman–Crippen MR) is 141 cm³/mol. The van der Waals surface area contributed by atoms with Gasteiger partial charge >= 0.3 is 6.09 Å². The van der Waals surface area contributed by atoms with Gasteiger partial charge in [0.15, 0.2) is 0 Å². The number of nitrogens with zero attached hydrogens (tertiary/aromatic N) is 1. The number of aliphatic hydroxyl groups excluding tert-OH is 1. The highest BCUT2D eigenvalue weighted by Crippen LogP contribution is 2.31. The summed E-state index contributed by atoms with van der Waals surface area (Å²) in [5.41, 5.74) is 1.83. The zero-order valence-corrected chi connectivity index (χ0v) is 22.6. The molecule has 0 fully saturated rings. The largest absolute Gasteiger partial charge is 0.444 e. The summed E-state index contributed by atoms with van der Waals surface area (Å²) in [6.07, 6.45) is -0.845. The van der Waals surface area contributed by atoms with Crippen molar-refractivity contribution in [2.75, 3.05) is 11.9 Å². The number of amides is 3. The van der Waals surface area contributed by atoms with Crippen LogP contribution in [0.3, 0.4) is 0 Å². The third-order valence-electron chi connectivity index (χ3n) is 5.46. The van der Waals surface area contributed by atoms with E-state index in [4.69, 9.17) is 16.3 Å². The Hall–Kier alpha value is -3.10. The Labute approximate surface area is 218 Å². The fourth-order valence-corrected chi connectivity index (χ4v) is 4.06. The second kappa shape index (κ2) is 12.2. The molecule has 0 aliphatic rings. The number of hydrogen-bond acceptors (Lipinski definition) is 5. The summed E-state index contributed by atoms with van der Waals surface area (Å²) in [7, 11) is 0. The number of carbonyl (C=O) groups excluding carboxylic acids is 3. The molecule has 0 aromatic heterocycles. The van der Waals surface area contributed by atoms with Crippen LogP contribution in [0.1, 0.15) is 57.4 Å². The van der Waals surface area contributed by atoms with Crippen molar-refractivity contribution in [3.63, 3.8) is 0 Å². The number of ether oxygens (including phenoxy) is 1. The molecule has 0 aliphatic heterocycles. The highest BCUT2D eigenvalue weighted by molar-refractivity contribution is 6.34. The Morgan fingerprint density at radius 2 is 1.64 bits per heavy atom. The van der Waals surface area contributed by atoms with Crippen molar-refractivity contribution < 1.29 is 24.2 Å². The minimum Gasteiger partial charge on any atom is -0.444 e. The molecule has 2 atom stereocenters. The van der Waals surface area contributed by atoms with Gasteiger partial charge in [0.25, 0.3) is 5.91 Å². The van der Waals surface area contributed by atoms with Crippen molar-refractivity contribution in [2.24, 2.45) is 0 Å². The van der Waals surface area contributed by atoms with Crippen molar-refractivity contribution in [1.82, 2.24) is 10.2 Å². The summed E-state index contributed by atoms with van der Waals surface area (Å²) in [6, 6.07) is 9.68. The second-order valence-electron chi connectivity index (χ2n) is 9.90. The molecule has 2 aromatic rings. The van der Waals surface area contributed by atoms with Gasteiger partial charge in [-0.2, -0.15) is 0 Å². The van der Waals surface area contributed by atoms with E-state index < -0.39 is 48.2 Å². The zero-order valence-electron chi connectivity index (χ0n) is 21.9. The fraction of sp³-hybridized carbons (Fsp3) is 0.444. The van der Waals surface area contributed by atoms with Gasteiger partial charge in [-0.15, -0.1) is 0 Å². The van der Waals surface area contributed by atoms with Crippen LogP contribution in [-0.4, -0.2) is 52.2 Å². The number of rotatable bonds is 8. The average molecular weight is 518 g/mol. The highest BCUT2D eigenvalue weighted by Gasteiger charge is 2.38. The average Bonchev–Trinajstić information content (AvgIpc) is 2.77. The summed E-state index contributed by atoms with van der Waals surface area (Å²) in [4.78, 5) is 41.2. The van der Waals surface area contributed by atoms with E-state index in [2.05, 4.69) is 10.6 Å². The van der Waals surface area contributed by atoms with Crippen LogP contribution in [0.25, 0.3) is 0 Å². The molecule has 9 heteroatoms. The first-order valence-corrected chi connectivity index (χ1v) is 12.2. The topological polar surface area (TPSA) is 108 Å². The van der Waals surface area contributed by atoms with Crippen LogP contribution >= 0.6 is 11.6 Å². The molecule has 0 saturated heterocycles. The van der Waals surface area contributed by atoms with Gasteiger partial charge < -0.3 is 25.4 Å². The molecule has 0 spiro atoms. The lowest BCUT2D eigenvalue weighted by molar-refractivity contribution is -0.143. The lowest BCUT2D eigenvalue weighted by Gasteiger charge is -2.37. The molecule has 2 unspecified atom stereocenters. The maximum atomic E-state index is 13.8. The number of carbonyl (C=O) groups is 3. The number of aryl methyl sites for hydroxylation is 2. The standard InChI is InChI=1S/C27H36ClN3O5/c1-16(2)31(25(34)21(15-32)29-26(35)36-27(5,6)7)23(19-13-9-8-11-17(19)3)24(33)30-22-18(4)12-10-14-20(22)28/h8-14,16,21,23,32H,15H2,1-7H3,(H,29,35)(H,30,33). The first kappa shape index (κ1) is 29.1. The Bertz CT molecular complexity index is 1080. The molecular formula is C27H36ClN3O5. The molecule has 8 nitrogen and oxygen atoms in total. The number of hydrogen-bond donors (Lipinski definition) is 3. The molecule has 0 heterocycles. The first-order valence-electron chi connectivity index (χ1n) is 11.8. The lowest BCUT2D eigenvalue weighted by atomic mass is 9.96. The Kier molecular flexibility index (Phi) is 9.90. The normalized spacial score (nSPS) is 13.1. The van der Waals surface area contributed by atoms with Crippen LogP contribution in [0.2, 0.25) is 5.02 Å². The van der Waals surface area contributed by atoms with E-state index in [0.717, 1.165) is 11.1 Å². The van der Waals surface area contributed by atoms with Gasteiger partial charge in [0, 0.05) is 6.04 Å². The van der Waals surface area contributed by atoms with Gasteiger partial charge in [0.2, 0.25) is 5.91 Å². The number of alkyl carbamates (subject to hydrolysis) is 1. The molecule has 2 aromatic carbocycles. The van der Waals surface area contributed by atoms with Crippen LogP contribution < -0.4 is 10.6 Å². The fourth-order valence-electron chi connectivity index (χ4n) is 3.79. The summed E-state index contributed by atoms with van der Waals surface area (Å²) in [5, 5.41) is 15.7. The van der Waals surface area contributed by atoms with E-state index in [0.29, 0.717) is 16.3 Å². The monoisotopic (exact) mass is 517 g/mol. The van der Waals surface area contributed by atoms with E-state index in [9.17, 15) is 19.5 Å². The number of para-hydroxylation sites is 1. The number of nitrogens with one attached hydrogen (secondary N) is 2. The van der Waals surface area contributed by atoms with Gasteiger partial charge in [-0.1, -0.05) is 48.0 Å². The maximum absolute atomic E-state index is 13.8. The molecule has 3 N–H and O–H groups in total. The van der Waals surface area contributed by atoms with Gasteiger partial charge in [-0.3, -0.25) is 9.59 Å². The molecule has 0 aliphatic carbocycles. The maximum Gasteiger partial charge on any atom is 0.408 e. The Morgan fingerprint density at radius 3 is 2.17 bits per heavy atom. The van der Waals surface area contributed by atoms with Crippen molar-refractivity contribution >= 4 is 35.2 Å². The predicted octanol–water partition coefficient (Wildman–Crippen LogP) is 4.76. The van der Waals surface area contributed by atoms with E-state index in [1.165, 1.54) is 4.90 Å². The first-order chi connectivity index (χ1) is 16.8. The van der Waals surface area contributed by atoms with Crippen LogP contribution in [-0.2, 0) is 14.3 Å². The molecule has 0 radical (unpaired) electrons. The Morgan fingerprint density at radius 1 is 1.03 bits per heavy atom. The van der Waals surface area contributed by atoms with Crippen molar-refractivity contribution in [1.29, 1.82) is 0 Å². The Balaban J connectivity index is 2.52. The van der Waals surface area contributed by atoms with Crippen LogP contribution in [0.15, 0.2) is 42.5 Å². The van der Waals surface area contributed by atoms with E-state index in [1.807, 2.05) is 32.0 Å². The number of halogens is 1. The molecule has 36 heavy (non-hydrogen) atoms. The third kappa shape index (κ3) is 7.45. The zero-order chi connectivity index (χ0) is 27.2. The summed E-state index contributed by atoms with van der Waals surface area (Å²) in [5.74, 6) is -1.10. The second-order valence-corrected chi connectivity index (χ2v) is 10.3. The molecule has 0 bridgehead atoms. The van der Waals surface area contributed by atoms with Crippen LogP contribution in [0.5, 0.6) is 0 Å². The van der Waals surface area contributed by atoms with Gasteiger partial charge in [-0.05, 0) is 71.2 Å². The van der Waals surface area contributed by atoms with E-state index in [-0.39, 0.29) is 0 Å². The van der Waals surface area contributed by atoms with Gasteiger partial charge in [-0.25, -0.2) is 4.79 Å². The third-order valence-corrected chi connectivity index (χ3v) is 5.78. The smallest absolute Gasteiger partial charge is 0.408 e. The summed E-state index contributed by atoms with van der Waals surface area (Å²) >= 11 is 6.35. The van der Waals surface area contributed by atoms with Crippen LogP contribution in [0, 0.1) is 13.8 Å². The molecule has 2 rings (SSSR count). The van der Waals surface area contributed by atoms with E-state index in [1.54, 1.807) is 58.9 Å². The SMILES string of the molecule is Cc1ccccc1C(C(=O)Nc1c(C)cccc1Cl)N(C(=O)C(CO)NC(=O)OC(C)(C)C)C(C)C. The molecule has 0 saturated carbocycles. The molecule has 196 valence electrons. The highest BCUT2D eigenvalue weighted by atomic mass is 35.5. The number of benzene rings is 2. The number of anilines is 1. The van der Waals surface area contributed by atoms with Gasteiger partial charge in [0.05, 0.1) is 17.3 Å². The van der Waals surface area contributed by atoms with Crippen molar-refractivity contribution in [3.05, 3.63) is 64.2 Å². The molecular weight excluding hydrogens is 482 g/mol. The summed E-state index contributed by atoms with van der Waals surface area (Å²) < 4.78 is 5.25. The minimum atomic E-state index is -1.32. The molecule has 3 amide bonds. The summed E-state index contributed by atoms with van der Waals surface area (Å²) in [6.45, 7) is 11.6. The number of aliphatic hydroxyl groups is 1. The minimum absolute atomic E-state index is 0.370. The van der Waals surface area contributed by atoms with Crippen LogP contribution in [0.4, 0.5) is 10.5 Å². The quantitative estimate of drug-likeness (QED) is 0.468. The lowest BCUT2D eigenvalue weighted by Crippen LogP contribution is -2.55. The van der Waals surface area contributed by atoms with Crippen molar-refractivity contribution in [3.8, 4) is 0 Å². The van der Waals surface area contributed by atoms with Crippen molar-refractivity contribution in [2.45, 2.75) is 72.2 Å². The van der Waals surface area contributed by atoms with E-state index >= 15 is 0 Å². The van der Waals surface area contributed by atoms with Gasteiger partial charge in [0.1, 0.15) is 17.7 Å².